The number of furan rings is 2. The molecule has 6 heteroatoms. The van der Waals surface area contributed by atoms with E-state index in [-0.39, 0.29) is 5.41 Å². The normalized spacial score (nSPS) is 13.5. The second-order valence-corrected chi connectivity index (χ2v) is 10.6. The molecule has 0 saturated carbocycles. The van der Waals surface area contributed by atoms with Gasteiger partial charge < -0.3 is 19.0 Å². The molecule has 0 aliphatic carbocycles. The predicted molar refractivity (Wildman–Crippen MR) is 129 cm³/mol. The first-order valence-corrected chi connectivity index (χ1v) is 11.7. The minimum Gasteiger partial charge on any atom is -0.481 e. The molecular formula is C27H38O6. The average molecular weight is 459 g/mol. The first-order valence-electron chi connectivity index (χ1n) is 11.7. The van der Waals surface area contributed by atoms with E-state index in [4.69, 9.17) is 8.83 Å². The molecule has 1 unspecified atom stereocenters. The van der Waals surface area contributed by atoms with Crippen molar-refractivity contribution in [3.63, 3.8) is 0 Å². The highest BCUT2D eigenvalue weighted by atomic mass is 16.4. The third kappa shape index (κ3) is 8.95. The van der Waals surface area contributed by atoms with Crippen molar-refractivity contribution >= 4 is 24.1 Å². The Morgan fingerprint density at radius 2 is 1.52 bits per heavy atom. The van der Waals surface area contributed by atoms with Crippen LogP contribution in [0.2, 0.25) is 0 Å². The molecule has 2 N–H and O–H groups in total. The molecule has 1 atom stereocenters. The van der Waals surface area contributed by atoms with Crippen molar-refractivity contribution in [3.8, 4) is 0 Å². The number of aliphatic carboxylic acids is 2. The van der Waals surface area contributed by atoms with Gasteiger partial charge in [-0.3, -0.25) is 9.59 Å². The standard InChI is InChI=1S/C27H38O6/c1-26(2,3)17-8-10-22(24(28)29)23-16-15-21(33-23)14-13-20-12-11-19(32-20)9-6-7-18-27(4,5)25(30)31/h11-16,22H,6-10,17-18H2,1-5H3,(H,28,29)(H,30,31)/b14-13+. The topological polar surface area (TPSA) is 101 Å². The van der Waals surface area contributed by atoms with E-state index in [0.29, 0.717) is 30.1 Å². The number of unbranched alkanes of at least 4 members (excludes halogenated alkanes) is 1. The number of hydrogen-bond donors (Lipinski definition) is 2. The average Bonchev–Trinajstić information content (AvgIpc) is 3.35. The number of aryl methyl sites for hydroxylation is 1. The molecular weight excluding hydrogens is 420 g/mol. The summed E-state index contributed by atoms with van der Waals surface area (Å²) in [6.07, 6.45) is 8.98. The highest BCUT2D eigenvalue weighted by Crippen LogP contribution is 2.29. The van der Waals surface area contributed by atoms with Crippen LogP contribution in [0.5, 0.6) is 0 Å². The molecule has 0 aliphatic rings. The first kappa shape index (κ1) is 26.5. The van der Waals surface area contributed by atoms with E-state index in [1.54, 1.807) is 38.1 Å². The van der Waals surface area contributed by atoms with Gasteiger partial charge in [0.25, 0.3) is 0 Å². The van der Waals surface area contributed by atoms with Gasteiger partial charge in [-0.15, -0.1) is 0 Å². The van der Waals surface area contributed by atoms with Gasteiger partial charge in [0.1, 0.15) is 29.0 Å². The molecule has 0 radical (unpaired) electrons. The maximum absolute atomic E-state index is 11.7. The molecule has 2 aromatic heterocycles. The van der Waals surface area contributed by atoms with Crippen LogP contribution in [0.1, 0.15) is 102 Å². The fourth-order valence-corrected chi connectivity index (χ4v) is 3.63. The summed E-state index contributed by atoms with van der Waals surface area (Å²) in [6, 6.07) is 7.32. The Kier molecular flexibility index (Phi) is 9.15. The smallest absolute Gasteiger partial charge is 0.314 e. The van der Waals surface area contributed by atoms with Crippen LogP contribution in [0.4, 0.5) is 0 Å². The van der Waals surface area contributed by atoms with Crippen molar-refractivity contribution in [2.75, 3.05) is 0 Å². The molecule has 2 heterocycles. The van der Waals surface area contributed by atoms with E-state index < -0.39 is 23.3 Å². The minimum atomic E-state index is -0.865. The summed E-state index contributed by atoms with van der Waals surface area (Å²) in [6.45, 7) is 9.95. The summed E-state index contributed by atoms with van der Waals surface area (Å²) in [5.41, 5.74) is -0.526. The maximum atomic E-state index is 11.7. The van der Waals surface area contributed by atoms with Gasteiger partial charge in [-0.25, -0.2) is 0 Å². The van der Waals surface area contributed by atoms with Gasteiger partial charge in [-0.2, -0.15) is 0 Å². The highest BCUT2D eigenvalue weighted by Gasteiger charge is 2.26. The first-order chi connectivity index (χ1) is 15.4. The summed E-state index contributed by atoms with van der Waals surface area (Å²) in [4.78, 5) is 22.9. The quantitative estimate of drug-likeness (QED) is 0.307. The van der Waals surface area contributed by atoms with Crippen molar-refractivity contribution in [2.24, 2.45) is 10.8 Å². The van der Waals surface area contributed by atoms with Crippen molar-refractivity contribution in [1.29, 1.82) is 0 Å². The van der Waals surface area contributed by atoms with Crippen LogP contribution in [-0.4, -0.2) is 22.2 Å². The molecule has 0 aromatic carbocycles. The number of carboxylic acid groups (broad SMARTS) is 2. The molecule has 182 valence electrons. The third-order valence-electron chi connectivity index (χ3n) is 5.86. The lowest BCUT2D eigenvalue weighted by molar-refractivity contribution is -0.147. The van der Waals surface area contributed by atoms with Crippen LogP contribution in [-0.2, 0) is 16.0 Å². The van der Waals surface area contributed by atoms with Crippen molar-refractivity contribution in [3.05, 3.63) is 47.3 Å². The van der Waals surface area contributed by atoms with Gasteiger partial charge in [-0.05, 0) is 81.4 Å². The van der Waals surface area contributed by atoms with Gasteiger partial charge >= 0.3 is 11.9 Å². The Morgan fingerprint density at radius 3 is 2.12 bits per heavy atom. The summed E-state index contributed by atoms with van der Waals surface area (Å²) in [7, 11) is 0. The van der Waals surface area contributed by atoms with Crippen molar-refractivity contribution < 1.29 is 28.6 Å². The van der Waals surface area contributed by atoms with E-state index >= 15 is 0 Å². The molecule has 0 bridgehead atoms. The van der Waals surface area contributed by atoms with Crippen molar-refractivity contribution in [1.82, 2.24) is 0 Å². The fourth-order valence-electron chi connectivity index (χ4n) is 3.63. The van der Waals surface area contributed by atoms with E-state index in [0.717, 1.165) is 37.9 Å². The van der Waals surface area contributed by atoms with E-state index in [9.17, 15) is 19.8 Å². The number of carbonyl (C=O) groups is 2. The van der Waals surface area contributed by atoms with Crippen LogP contribution >= 0.6 is 0 Å². The van der Waals surface area contributed by atoms with Crippen LogP contribution in [0.3, 0.4) is 0 Å². The SMILES string of the molecule is CC(C)(C)CCCC(C(=O)O)c1ccc(/C=C/c2ccc(CCCCC(C)(C)C(=O)O)o2)o1. The summed E-state index contributed by atoms with van der Waals surface area (Å²) < 4.78 is 11.6. The Morgan fingerprint density at radius 1 is 0.879 bits per heavy atom. The Balaban J connectivity index is 1.88. The third-order valence-corrected chi connectivity index (χ3v) is 5.86. The van der Waals surface area contributed by atoms with Gasteiger partial charge in [-0.1, -0.05) is 33.6 Å². The van der Waals surface area contributed by atoms with Gasteiger partial charge in [0.05, 0.1) is 5.41 Å². The summed E-state index contributed by atoms with van der Waals surface area (Å²) in [5.74, 6) is 0.323. The highest BCUT2D eigenvalue weighted by molar-refractivity contribution is 5.75. The van der Waals surface area contributed by atoms with Gasteiger partial charge in [0.15, 0.2) is 0 Å². The Hall–Kier alpha value is -2.76. The number of rotatable bonds is 13. The molecule has 6 nitrogen and oxygen atoms in total. The Labute approximate surface area is 196 Å². The molecule has 33 heavy (non-hydrogen) atoms. The van der Waals surface area contributed by atoms with Gasteiger partial charge in [0, 0.05) is 6.42 Å². The zero-order chi connectivity index (χ0) is 24.6. The van der Waals surface area contributed by atoms with Crippen LogP contribution in [0.25, 0.3) is 12.2 Å². The zero-order valence-electron chi connectivity index (χ0n) is 20.5. The monoisotopic (exact) mass is 458 g/mol. The van der Waals surface area contributed by atoms with E-state index in [2.05, 4.69) is 20.8 Å². The lowest BCUT2D eigenvalue weighted by atomic mass is 9.87. The number of carboxylic acids is 2. The molecule has 0 saturated heterocycles. The fraction of sp³-hybridized carbons (Fsp3) is 0.556. The van der Waals surface area contributed by atoms with Gasteiger partial charge in [0.2, 0.25) is 0 Å². The molecule has 2 aromatic rings. The lowest BCUT2D eigenvalue weighted by Gasteiger charge is -2.18. The second-order valence-electron chi connectivity index (χ2n) is 10.6. The largest absolute Gasteiger partial charge is 0.481 e. The van der Waals surface area contributed by atoms with Crippen molar-refractivity contribution in [2.45, 2.75) is 85.5 Å². The van der Waals surface area contributed by atoms with Crippen LogP contribution < -0.4 is 0 Å². The maximum Gasteiger partial charge on any atom is 0.314 e. The second kappa shape index (κ2) is 11.4. The van der Waals surface area contributed by atoms with Crippen LogP contribution in [0.15, 0.2) is 33.1 Å². The Bertz CT molecular complexity index is 938. The van der Waals surface area contributed by atoms with E-state index in [1.807, 2.05) is 12.1 Å². The minimum absolute atomic E-state index is 0.178. The van der Waals surface area contributed by atoms with E-state index in [1.165, 1.54) is 0 Å². The summed E-state index contributed by atoms with van der Waals surface area (Å²) >= 11 is 0. The lowest BCUT2D eigenvalue weighted by Crippen LogP contribution is -2.23. The summed E-state index contributed by atoms with van der Waals surface area (Å²) in [5, 5.41) is 18.8. The molecule has 2 rings (SSSR count). The zero-order valence-corrected chi connectivity index (χ0v) is 20.5. The molecule has 0 spiro atoms. The predicted octanol–water partition coefficient (Wildman–Crippen LogP) is 7.25. The molecule has 0 aliphatic heterocycles. The molecule has 0 amide bonds. The number of hydrogen-bond acceptors (Lipinski definition) is 4. The molecule has 0 fully saturated rings. The van der Waals surface area contributed by atoms with Crippen LogP contribution in [0, 0.1) is 10.8 Å².